The number of anilines is 1. The lowest BCUT2D eigenvalue weighted by molar-refractivity contribution is 0.0942. The first kappa shape index (κ1) is 19.8. The lowest BCUT2D eigenvalue weighted by Crippen LogP contribution is -2.27. The maximum atomic E-state index is 13.4. The first-order chi connectivity index (χ1) is 15.5. The van der Waals surface area contributed by atoms with Gasteiger partial charge in [-0.3, -0.25) is 9.36 Å². The largest absolute Gasteiger partial charge is 0.384 e. The summed E-state index contributed by atoms with van der Waals surface area (Å²) in [4.78, 5) is 23.0. The molecule has 5 aromatic rings. The van der Waals surface area contributed by atoms with Gasteiger partial charge in [-0.15, -0.1) is 0 Å². The molecule has 158 valence electrons. The van der Waals surface area contributed by atoms with Crippen LogP contribution in [-0.4, -0.2) is 20.4 Å². The van der Waals surface area contributed by atoms with Crippen molar-refractivity contribution in [3.63, 3.8) is 0 Å². The zero-order chi connectivity index (χ0) is 22.2. The molecule has 0 spiro atoms. The Kier molecular flexibility index (Phi) is 4.82. The second kappa shape index (κ2) is 7.81. The molecule has 32 heavy (non-hydrogen) atoms. The number of hydrogen-bond acceptors (Lipinski definition) is 4. The third kappa shape index (κ3) is 3.36. The highest BCUT2D eigenvalue weighted by atomic mass is 16.1. The van der Waals surface area contributed by atoms with Crippen molar-refractivity contribution in [1.82, 2.24) is 19.9 Å². The van der Waals surface area contributed by atoms with Crippen molar-refractivity contribution in [1.29, 1.82) is 0 Å². The van der Waals surface area contributed by atoms with Crippen LogP contribution in [0.4, 0.5) is 5.82 Å². The number of carbonyl (C=O) groups excluding carboxylic acids is 1. The number of carbonyl (C=O) groups is 1. The molecule has 1 atom stereocenters. The van der Waals surface area contributed by atoms with Gasteiger partial charge in [-0.2, -0.15) is 0 Å². The van der Waals surface area contributed by atoms with E-state index in [0.29, 0.717) is 28.1 Å². The monoisotopic (exact) mass is 421 g/mol. The van der Waals surface area contributed by atoms with E-state index in [2.05, 4.69) is 5.32 Å². The van der Waals surface area contributed by atoms with Crippen LogP contribution < -0.4 is 11.1 Å². The molecule has 6 nitrogen and oxygen atoms in total. The number of aromatic nitrogens is 3. The number of aryl methyl sites for hydroxylation is 1. The Morgan fingerprint density at radius 2 is 1.62 bits per heavy atom. The minimum absolute atomic E-state index is 0.186. The molecule has 3 aromatic carbocycles. The zero-order valence-corrected chi connectivity index (χ0v) is 17.9. The van der Waals surface area contributed by atoms with Crippen molar-refractivity contribution < 1.29 is 4.79 Å². The summed E-state index contributed by atoms with van der Waals surface area (Å²) in [6, 6.07) is 25.2. The fraction of sp³-hybridized carbons (Fsp3) is 0.115. The van der Waals surface area contributed by atoms with Crippen molar-refractivity contribution in [3.05, 3.63) is 95.6 Å². The van der Waals surface area contributed by atoms with Gasteiger partial charge in [-0.25, -0.2) is 9.97 Å². The molecular weight excluding hydrogens is 398 g/mol. The average Bonchev–Trinajstić information content (AvgIpc) is 3.08. The molecule has 0 radical (unpaired) electrons. The second-order valence-electron chi connectivity index (χ2n) is 7.93. The molecule has 2 heterocycles. The number of rotatable bonds is 4. The first-order valence-electron chi connectivity index (χ1n) is 10.5. The second-order valence-corrected chi connectivity index (χ2v) is 7.93. The molecule has 0 aliphatic carbocycles. The Hall–Kier alpha value is -4.19. The predicted octanol–water partition coefficient (Wildman–Crippen LogP) is 4.96. The van der Waals surface area contributed by atoms with Gasteiger partial charge >= 0.3 is 0 Å². The van der Waals surface area contributed by atoms with E-state index in [0.717, 1.165) is 22.3 Å². The third-order valence-corrected chi connectivity index (χ3v) is 5.63. The molecule has 6 heteroatoms. The zero-order valence-electron chi connectivity index (χ0n) is 17.9. The van der Waals surface area contributed by atoms with E-state index < -0.39 is 0 Å². The highest BCUT2D eigenvalue weighted by Crippen LogP contribution is 2.31. The van der Waals surface area contributed by atoms with Crippen LogP contribution in [0.15, 0.2) is 78.9 Å². The molecule has 3 N–H and O–H groups in total. The van der Waals surface area contributed by atoms with E-state index in [1.54, 1.807) is 0 Å². The number of hydrogen-bond donors (Lipinski definition) is 2. The smallest absolute Gasteiger partial charge is 0.257 e. The van der Waals surface area contributed by atoms with Crippen LogP contribution in [0, 0.1) is 6.92 Å². The molecule has 0 unspecified atom stereocenters. The lowest BCUT2D eigenvalue weighted by Gasteiger charge is -2.14. The molecule has 2 aromatic heterocycles. The van der Waals surface area contributed by atoms with Crippen molar-refractivity contribution in [2.24, 2.45) is 0 Å². The van der Waals surface area contributed by atoms with Crippen LogP contribution in [0.1, 0.15) is 34.5 Å². The van der Waals surface area contributed by atoms with Gasteiger partial charge in [-0.1, -0.05) is 54.6 Å². The summed E-state index contributed by atoms with van der Waals surface area (Å²) in [5, 5.41) is 3.07. The van der Waals surface area contributed by atoms with Gasteiger partial charge in [0.15, 0.2) is 5.65 Å². The number of para-hydroxylation sites is 2. The summed E-state index contributed by atoms with van der Waals surface area (Å²) >= 11 is 0. The van der Waals surface area contributed by atoms with Crippen LogP contribution in [0.5, 0.6) is 0 Å². The highest BCUT2D eigenvalue weighted by Gasteiger charge is 2.25. The number of benzene rings is 3. The average molecular weight is 422 g/mol. The Labute approximate surface area is 185 Å². The van der Waals surface area contributed by atoms with E-state index in [4.69, 9.17) is 15.7 Å². The molecule has 5 rings (SSSR count). The van der Waals surface area contributed by atoms with Gasteiger partial charge < -0.3 is 11.1 Å². The van der Waals surface area contributed by atoms with Gasteiger partial charge in [0, 0.05) is 5.69 Å². The summed E-state index contributed by atoms with van der Waals surface area (Å²) in [5.41, 5.74) is 12.4. The molecule has 0 bridgehead atoms. The van der Waals surface area contributed by atoms with Crippen molar-refractivity contribution in [3.8, 4) is 5.69 Å². The molecule has 0 saturated carbocycles. The maximum absolute atomic E-state index is 13.4. The summed E-state index contributed by atoms with van der Waals surface area (Å²) in [6.07, 6.45) is 0. The Balaban J connectivity index is 1.70. The molecule has 0 aliphatic rings. The number of fused-ring (bicyclic) bond motifs is 2. The normalized spacial score (nSPS) is 12.2. The number of nitrogen functional groups attached to an aromatic ring is 1. The summed E-state index contributed by atoms with van der Waals surface area (Å²) < 4.78 is 1.81. The molecule has 0 fully saturated rings. The topological polar surface area (TPSA) is 85.8 Å². The number of nitrogens with zero attached hydrogens (tertiary/aromatic N) is 3. The first-order valence-corrected chi connectivity index (χ1v) is 10.5. The van der Waals surface area contributed by atoms with Crippen molar-refractivity contribution in [2.45, 2.75) is 19.9 Å². The van der Waals surface area contributed by atoms with Crippen molar-refractivity contribution >= 4 is 33.9 Å². The minimum atomic E-state index is -0.278. The van der Waals surface area contributed by atoms with Crippen LogP contribution in [-0.2, 0) is 0 Å². The highest BCUT2D eigenvalue weighted by molar-refractivity contribution is 6.11. The molecular formula is C26H23N5O. The van der Waals surface area contributed by atoms with Gasteiger partial charge in [0.25, 0.3) is 5.91 Å². The van der Waals surface area contributed by atoms with E-state index in [9.17, 15) is 4.79 Å². The number of amides is 1. The Morgan fingerprint density at radius 3 is 2.34 bits per heavy atom. The molecule has 0 saturated heterocycles. The van der Waals surface area contributed by atoms with Crippen LogP contribution in [0.3, 0.4) is 0 Å². The summed E-state index contributed by atoms with van der Waals surface area (Å²) in [6.45, 7) is 3.96. The van der Waals surface area contributed by atoms with Gasteiger partial charge in [0.05, 0.1) is 17.1 Å². The molecule has 1 amide bonds. The SMILES string of the molecule is Cc1cccc(-n2c(N)c(C(=O)N[C@@H](C)c3ccccc3)c3nc4ccccc4nc32)c1. The number of nitrogens with two attached hydrogens (primary N) is 1. The third-order valence-electron chi connectivity index (χ3n) is 5.63. The summed E-state index contributed by atoms with van der Waals surface area (Å²) in [7, 11) is 0. The summed E-state index contributed by atoms with van der Waals surface area (Å²) in [5.74, 6) is 0.0403. The van der Waals surface area contributed by atoms with Gasteiger partial charge in [0.2, 0.25) is 0 Å². The van der Waals surface area contributed by atoms with E-state index in [-0.39, 0.29) is 11.9 Å². The number of nitrogens with one attached hydrogen (secondary N) is 1. The van der Waals surface area contributed by atoms with Gasteiger partial charge in [-0.05, 0) is 49.2 Å². The van der Waals surface area contributed by atoms with Crippen LogP contribution in [0.25, 0.3) is 27.9 Å². The predicted molar refractivity (Wildman–Crippen MR) is 128 cm³/mol. The molecule has 0 aliphatic heterocycles. The van der Waals surface area contributed by atoms with Gasteiger partial charge in [0.1, 0.15) is 16.9 Å². The van der Waals surface area contributed by atoms with Crippen LogP contribution in [0.2, 0.25) is 0 Å². The van der Waals surface area contributed by atoms with E-state index in [1.807, 2.05) is 97.3 Å². The van der Waals surface area contributed by atoms with Crippen LogP contribution >= 0.6 is 0 Å². The maximum Gasteiger partial charge on any atom is 0.257 e. The lowest BCUT2D eigenvalue weighted by atomic mass is 10.1. The Morgan fingerprint density at radius 1 is 0.938 bits per heavy atom. The van der Waals surface area contributed by atoms with Crippen molar-refractivity contribution in [2.75, 3.05) is 5.73 Å². The fourth-order valence-corrected chi connectivity index (χ4v) is 4.01. The quantitative estimate of drug-likeness (QED) is 0.430. The Bertz CT molecular complexity index is 1460. The minimum Gasteiger partial charge on any atom is -0.384 e. The standard InChI is InChI=1S/C26H23N5O/c1-16-9-8-12-19(15-16)31-24(27)22(26(32)28-17(2)18-10-4-3-5-11-18)23-25(31)30-21-14-7-6-13-20(21)29-23/h3-15,17H,27H2,1-2H3,(H,28,32)/t17-/m0/s1. The fourth-order valence-electron chi connectivity index (χ4n) is 4.01. The van der Waals surface area contributed by atoms with E-state index >= 15 is 0 Å². The van der Waals surface area contributed by atoms with E-state index in [1.165, 1.54) is 0 Å².